The van der Waals surface area contributed by atoms with Crippen molar-refractivity contribution < 1.29 is 0 Å². The molecule has 0 fully saturated rings. The second-order valence-corrected chi connectivity index (χ2v) is 4.67. The minimum absolute atomic E-state index is 0.653. The highest BCUT2D eigenvalue weighted by Crippen LogP contribution is 2.19. The first-order valence-electron chi connectivity index (χ1n) is 6.50. The predicted molar refractivity (Wildman–Crippen MR) is 73.3 cm³/mol. The molecule has 1 heteroatoms. The standard InChI is InChI=1S/C16H21N/c1-3-14(2)16-10-7-12-17(16)13-11-15-8-5-4-6-9-15/h4-10,12,14H,3,11,13H2,1-2H3. The van der Waals surface area contributed by atoms with Gasteiger partial charge < -0.3 is 4.57 Å². The lowest BCUT2D eigenvalue weighted by Crippen LogP contribution is -2.06. The van der Waals surface area contributed by atoms with E-state index >= 15 is 0 Å². The summed E-state index contributed by atoms with van der Waals surface area (Å²) in [6.07, 6.45) is 4.51. The van der Waals surface area contributed by atoms with E-state index in [9.17, 15) is 0 Å². The minimum Gasteiger partial charge on any atom is -0.351 e. The van der Waals surface area contributed by atoms with E-state index in [-0.39, 0.29) is 0 Å². The molecule has 0 radical (unpaired) electrons. The summed E-state index contributed by atoms with van der Waals surface area (Å²) in [6, 6.07) is 15.1. The van der Waals surface area contributed by atoms with Crippen molar-refractivity contribution in [3.05, 3.63) is 59.9 Å². The minimum atomic E-state index is 0.653. The van der Waals surface area contributed by atoms with Crippen LogP contribution in [0.15, 0.2) is 48.7 Å². The van der Waals surface area contributed by atoms with Crippen LogP contribution in [0.4, 0.5) is 0 Å². The molecule has 0 spiro atoms. The Hall–Kier alpha value is -1.50. The Morgan fingerprint density at radius 3 is 2.53 bits per heavy atom. The lowest BCUT2D eigenvalue weighted by molar-refractivity contribution is 0.604. The highest BCUT2D eigenvalue weighted by molar-refractivity contribution is 5.16. The SMILES string of the molecule is CCC(C)c1cccn1CCc1ccccc1. The first-order valence-corrected chi connectivity index (χ1v) is 6.50. The van der Waals surface area contributed by atoms with Gasteiger partial charge in [-0.05, 0) is 36.5 Å². The van der Waals surface area contributed by atoms with E-state index in [2.05, 4.69) is 67.1 Å². The average Bonchev–Trinajstić information content (AvgIpc) is 2.85. The molecule has 0 aliphatic heterocycles. The van der Waals surface area contributed by atoms with Gasteiger partial charge in [0.1, 0.15) is 0 Å². The Bertz CT molecular complexity index is 442. The molecule has 0 saturated carbocycles. The second kappa shape index (κ2) is 5.72. The van der Waals surface area contributed by atoms with Gasteiger partial charge in [0.2, 0.25) is 0 Å². The molecule has 0 bridgehead atoms. The third-order valence-electron chi connectivity index (χ3n) is 3.47. The summed E-state index contributed by atoms with van der Waals surface area (Å²) < 4.78 is 2.39. The Labute approximate surface area is 104 Å². The summed E-state index contributed by atoms with van der Waals surface area (Å²) in [5, 5.41) is 0. The number of hydrogen-bond acceptors (Lipinski definition) is 0. The first kappa shape index (κ1) is 12.0. The number of nitrogens with zero attached hydrogens (tertiary/aromatic N) is 1. The van der Waals surface area contributed by atoms with Gasteiger partial charge in [-0.2, -0.15) is 0 Å². The lowest BCUT2D eigenvalue weighted by Gasteiger charge is -2.14. The van der Waals surface area contributed by atoms with Gasteiger partial charge >= 0.3 is 0 Å². The maximum atomic E-state index is 2.39. The van der Waals surface area contributed by atoms with Crippen molar-refractivity contribution in [3.8, 4) is 0 Å². The van der Waals surface area contributed by atoms with E-state index in [4.69, 9.17) is 0 Å². The summed E-state index contributed by atoms with van der Waals surface area (Å²) >= 11 is 0. The van der Waals surface area contributed by atoms with Crippen molar-refractivity contribution in [3.63, 3.8) is 0 Å². The first-order chi connectivity index (χ1) is 8.31. The molecule has 1 heterocycles. The number of benzene rings is 1. The Morgan fingerprint density at radius 2 is 1.82 bits per heavy atom. The molecule has 17 heavy (non-hydrogen) atoms. The van der Waals surface area contributed by atoms with Crippen molar-refractivity contribution in [2.45, 2.75) is 39.2 Å². The van der Waals surface area contributed by atoms with Gasteiger partial charge in [0, 0.05) is 18.4 Å². The second-order valence-electron chi connectivity index (χ2n) is 4.67. The van der Waals surface area contributed by atoms with Gasteiger partial charge in [-0.15, -0.1) is 0 Å². The van der Waals surface area contributed by atoms with Crippen molar-refractivity contribution >= 4 is 0 Å². The van der Waals surface area contributed by atoms with Crippen molar-refractivity contribution in [2.75, 3.05) is 0 Å². The fourth-order valence-corrected chi connectivity index (χ4v) is 2.18. The molecule has 0 N–H and O–H groups in total. The van der Waals surface area contributed by atoms with Gasteiger partial charge in [0.25, 0.3) is 0 Å². The molecular formula is C16H21N. The molecular weight excluding hydrogens is 206 g/mol. The van der Waals surface area contributed by atoms with E-state index in [1.54, 1.807) is 0 Å². The third kappa shape index (κ3) is 3.00. The number of aryl methyl sites for hydroxylation is 2. The van der Waals surface area contributed by atoms with E-state index in [1.165, 1.54) is 17.7 Å². The van der Waals surface area contributed by atoms with Gasteiger partial charge in [-0.25, -0.2) is 0 Å². The average molecular weight is 227 g/mol. The zero-order valence-electron chi connectivity index (χ0n) is 10.8. The Morgan fingerprint density at radius 1 is 1.06 bits per heavy atom. The molecule has 1 aromatic carbocycles. The van der Waals surface area contributed by atoms with Crippen LogP contribution >= 0.6 is 0 Å². The summed E-state index contributed by atoms with van der Waals surface area (Å²) in [7, 11) is 0. The molecule has 1 nitrogen and oxygen atoms in total. The molecule has 2 aromatic rings. The third-order valence-corrected chi connectivity index (χ3v) is 3.47. The summed E-state index contributed by atoms with van der Waals surface area (Å²) in [6.45, 7) is 5.63. The fraction of sp³-hybridized carbons (Fsp3) is 0.375. The van der Waals surface area contributed by atoms with Crippen LogP contribution in [-0.2, 0) is 13.0 Å². The molecule has 0 aliphatic rings. The monoisotopic (exact) mass is 227 g/mol. The van der Waals surface area contributed by atoms with Gasteiger partial charge in [0.05, 0.1) is 0 Å². The molecule has 0 saturated heterocycles. The number of aromatic nitrogens is 1. The molecule has 1 aromatic heterocycles. The molecule has 1 atom stereocenters. The Kier molecular flexibility index (Phi) is 4.03. The maximum absolute atomic E-state index is 2.39. The highest BCUT2D eigenvalue weighted by Gasteiger charge is 2.07. The van der Waals surface area contributed by atoms with E-state index in [0.29, 0.717) is 5.92 Å². The van der Waals surface area contributed by atoms with Crippen molar-refractivity contribution in [1.29, 1.82) is 0 Å². The van der Waals surface area contributed by atoms with Crippen LogP contribution in [0.3, 0.4) is 0 Å². The van der Waals surface area contributed by atoms with E-state index < -0.39 is 0 Å². The van der Waals surface area contributed by atoms with Crippen LogP contribution in [0.1, 0.15) is 37.4 Å². The van der Waals surface area contributed by atoms with E-state index in [0.717, 1.165) is 13.0 Å². The number of rotatable bonds is 5. The highest BCUT2D eigenvalue weighted by atomic mass is 15.0. The smallest absolute Gasteiger partial charge is 0.0262 e. The molecule has 0 amide bonds. The number of hydrogen-bond donors (Lipinski definition) is 0. The van der Waals surface area contributed by atoms with Crippen LogP contribution in [0.2, 0.25) is 0 Å². The summed E-state index contributed by atoms with van der Waals surface area (Å²) in [5.41, 5.74) is 2.87. The topological polar surface area (TPSA) is 4.93 Å². The van der Waals surface area contributed by atoms with Crippen LogP contribution < -0.4 is 0 Å². The zero-order chi connectivity index (χ0) is 12.1. The van der Waals surface area contributed by atoms with Crippen LogP contribution in [-0.4, -0.2) is 4.57 Å². The maximum Gasteiger partial charge on any atom is 0.0262 e. The van der Waals surface area contributed by atoms with Gasteiger partial charge in [-0.1, -0.05) is 44.2 Å². The largest absolute Gasteiger partial charge is 0.351 e. The van der Waals surface area contributed by atoms with Gasteiger partial charge in [-0.3, -0.25) is 0 Å². The Balaban J connectivity index is 2.02. The molecule has 2 rings (SSSR count). The fourth-order valence-electron chi connectivity index (χ4n) is 2.18. The van der Waals surface area contributed by atoms with Crippen LogP contribution in [0.25, 0.3) is 0 Å². The van der Waals surface area contributed by atoms with Crippen LogP contribution in [0, 0.1) is 0 Å². The normalized spacial score (nSPS) is 12.6. The zero-order valence-corrected chi connectivity index (χ0v) is 10.8. The van der Waals surface area contributed by atoms with Crippen molar-refractivity contribution in [2.24, 2.45) is 0 Å². The molecule has 1 unspecified atom stereocenters. The lowest BCUT2D eigenvalue weighted by atomic mass is 10.1. The molecule has 90 valence electrons. The quantitative estimate of drug-likeness (QED) is 0.720. The van der Waals surface area contributed by atoms with Crippen LogP contribution in [0.5, 0.6) is 0 Å². The summed E-state index contributed by atoms with van der Waals surface area (Å²) in [4.78, 5) is 0. The predicted octanol–water partition coefficient (Wildman–Crippen LogP) is 4.24. The van der Waals surface area contributed by atoms with Gasteiger partial charge in [0.15, 0.2) is 0 Å². The van der Waals surface area contributed by atoms with Crippen molar-refractivity contribution in [1.82, 2.24) is 4.57 Å². The molecule has 0 aliphatic carbocycles. The summed E-state index contributed by atoms with van der Waals surface area (Å²) in [5.74, 6) is 0.653. The van der Waals surface area contributed by atoms with E-state index in [1.807, 2.05) is 0 Å².